The van der Waals surface area contributed by atoms with Crippen LogP contribution in [-0.2, 0) is 19.5 Å². The Morgan fingerprint density at radius 2 is 2.04 bits per heavy atom. The Hall–Kier alpha value is -3.06. The van der Waals surface area contributed by atoms with E-state index in [4.69, 9.17) is 11.6 Å². The predicted molar refractivity (Wildman–Crippen MR) is 104 cm³/mol. The van der Waals surface area contributed by atoms with E-state index in [1.807, 2.05) is 19.2 Å². The highest BCUT2D eigenvalue weighted by Gasteiger charge is 2.20. The Labute approximate surface area is 159 Å². The Morgan fingerprint density at radius 3 is 2.74 bits per heavy atom. The first kappa shape index (κ1) is 17.4. The average Bonchev–Trinajstić information content (AvgIpc) is 3.31. The molecule has 0 aliphatic heterocycles. The van der Waals surface area contributed by atoms with Crippen LogP contribution in [-0.4, -0.2) is 29.7 Å². The van der Waals surface area contributed by atoms with Crippen LogP contribution in [0.1, 0.15) is 12.6 Å². The van der Waals surface area contributed by atoms with Gasteiger partial charge in [-0.1, -0.05) is 36.7 Å². The fraction of sp³-hybridized carbons (Fsp3) is 0.211. The lowest BCUT2D eigenvalue weighted by Gasteiger charge is -2.09. The molecular formula is C19H18ClN5O2. The van der Waals surface area contributed by atoms with Crippen LogP contribution < -0.4 is 5.43 Å². The molecule has 0 aliphatic rings. The Kier molecular flexibility index (Phi) is 4.45. The average molecular weight is 384 g/mol. The normalized spacial score (nSPS) is 11.3. The second-order valence-corrected chi connectivity index (χ2v) is 6.58. The van der Waals surface area contributed by atoms with Gasteiger partial charge in [0.05, 0.1) is 34.9 Å². The van der Waals surface area contributed by atoms with E-state index in [1.54, 1.807) is 39.8 Å². The summed E-state index contributed by atoms with van der Waals surface area (Å²) in [5.41, 5.74) is 1.62. The number of H-pyrrole nitrogens is 1. The molecule has 0 amide bonds. The van der Waals surface area contributed by atoms with E-state index in [0.717, 1.165) is 0 Å². The van der Waals surface area contributed by atoms with Gasteiger partial charge >= 0.3 is 0 Å². The largest absolute Gasteiger partial charge is 0.503 e. The maximum absolute atomic E-state index is 12.9. The summed E-state index contributed by atoms with van der Waals surface area (Å²) < 4.78 is 3.55. The smallest absolute Gasteiger partial charge is 0.235 e. The van der Waals surface area contributed by atoms with Gasteiger partial charge in [-0.3, -0.25) is 9.48 Å². The second-order valence-electron chi connectivity index (χ2n) is 6.17. The van der Waals surface area contributed by atoms with Crippen molar-refractivity contribution in [3.63, 3.8) is 0 Å². The van der Waals surface area contributed by atoms with Gasteiger partial charge in [0.1, 0.15) is 5.65 Å². The van der Waals surface area contributed by atoms with Crippen molar-refractivity contribution < 1.29 is 5.11 Å². The molecule has 0 unspecified atom stereocenters. The molecule has 138 valence electrons. The topological polar surface area (TPSA) is 88.7 Å². The highest BCUT2D eigenvalue weighted by Crippen LogP contribution is 2.32. The lowest BCUT2D eigenvalue weighted by Crippen LogP contribution is -2.11. The standard InChI is InChI=1S/C19H18ClN5O2/c1-2-14-15-17(26)18(27)16(12-6-3-4-7-13(12)20)22-19(15)25(23-14)11-10-24-9-5-8-21-24/h3-9,27H,2,10-11H2,1H3,(H,22,26). The Bertz CT molecular complexity index is 1160. The molecule has 7 nitrogen and oxygen atoms in total. The highest BCUT2D eigenvalue weighted by molar-refractivity contribution is 6.33. The van der Waals surface area contributed by atoms with Crippen LogP contribution in [0, 0.1) is 0 Å². The summed E-state index contributed by atoms with van der Waals surface area (Å²) in [5, 5.41) is 20.1. The number of fused-ring (bicyclic) bond motifs is 1. The number of aromatic nitrogens is 5. The quantitative estimate of drug-likeness (QED) is 0.553. The summed E-state index contributed by atoms with van der Waals surface area (Å²) in [6.45, 7) is 3.07. The zero-order valence-electron chi connectivity index (χ0n) is 14.7. The summed E-state index contributed by atoms with van der Waals surface area (Å²) in [6, 6.07) is 8.92. The molecule has 0 atom stereocenters. The van der Waals surface area contributed by atoms with Crippen molar-refractivity contribution in [2.75, 3.05) is 0 Å². The summed E-state index contributed by atoms with van der Waals surface area (Å²) in [4.78, 5) is 16.1. The zero-order chi connectivity index (χ0) is 19.0. The lowest BCUT2D eigenvalue weighted by atomic mass is 10.1. The van der Waals surface area contributed by atoms with Crippen molar-refractivity contribution in [1.82, 2.24) is 24.5 Å². The number of aromatic amines is 1. The summed E-state index contributed by atoms with van der Waals surface area (Å²) in [6.07, 6.45) is 4.17. The molecule has 27 heavy (non-hydrogen) atoms. The molecular weight excluding hydrogens is 366 g/mol. The van der Waals surface area contributed by atoms with Crippen LogP contribution >= 0.6 is 11.6 Å². The molecule has 4 aromatic rings. The van der Waals surface area contributed by atoms with Crippen LogP contribution in [0.25, 0.3) is 22.3 Å². The molecule has 3 aromatic heterocycles. The SMILES string of the molecule is CCc1nn(CCn2cccn2)c2[nH]c(-c3ccccc3Cl)c(O)c(=O)c12. The molecule has 0 fully saturated rings. The minimum absolute atomic E-state index is 0.293. The van der Waals surface area contributed by atoms with Crippen LogP contribution in [0.4, 0.5) is 0 Å². The van der Waals surface area contributed by atoms with Gasteiger partial charge in [0.15, 0.2) is 5.75 Å². The monoisotopic (exact) mass is 383 g/mol. The first-order chi connectivity index (χ1) is 13.1. The number of aryl methyl sites for hydroxylation is 3. The van der Waals surface area contributed by atoms with Crippen molar-refractivity contribution >= 4 is 22.6 Å². The molecule has 0 aliphatic carbocycles. The molecule has 4 rings (SSSR count). The van der Waals surface area contributed by atoms with Gasteiger partial charge in [0.2, 0.25) is 5.43 Å². The third-order valence-corrected chi connectivity index (χ3v) is 4.86. The van der Waals surface area contributed by atoms with Gasteiger partial charge in [-0.2, -0.15) is 10.2 Å². The van der Waals surface area contributed by atoms with Crippen molar-refractivity contribution in [3.05, 3.63) is 63.7 Å². The molecule has 0 saturated carbocycles. The first-order valence-corrected chi connectivity index (χ1v) is 9.05. The van der Waals surface area contributed by atoms with Gasteiger partial charge in [-0.25, -0.2) is 4.68 Å². The number of hydrogen-bond donors (Lipinski definition) is 2. The van der Waals surface area contributed by atoms with Crippen molar-refractivity contribution in [3.8, 4) is 17.0 Å². The molecule has 0 bridgehead atoms. The number of pyridine rings is 1. The third-order valence-electron chi connectivity index (χ3n) is 4.53. The van der Waals surface area contributed by atoms with Crippen molar-refractivity contribution in [1.29, 1.82) is 0 Å². The fourth-order valence-corrected chi connectivity index (χ4v) is 3.41. The van der Waals surface area contributed by atoms with Crippen molar-refractivity contribution in [2.45, 2.75) is 26.4 Å². The maximum Gasteiger partial charge on any atom is 0.235 e. The molecule has 2 N–H and O–H groups in total. The maximum atomic E-state index is 12.9. The van der Waals surface area contributed by atoms with Gasteiger partial charge in [-0.05, 0) is 18.6 Å². The third kappa shape index (κ3) is 3.00. The molecule has 0 radical (unpaired) electrons. The first-order valence-electron chi connectivity index (χ1n) is 8.67. The van der Waals surface area contributed by atoms with Crippen LogP contribution in [0.15, 0.2) is 47.5 Å². The number of aromatic hydroxyl groups is 1. The molecule has 0 spiro atoms. The number of benzene rings is 1. The number of rotatable bonds is 5. The lowest BCUT2D eigenvalue weighted by molar-refractivity contribution is 0.471. The molecule has 1 aromatic carbocycles. The molecule has 0 saturated heterocycles. The minimum Gasteiger partial charge on any atom is -0.503 e. The van der Waals surface area contributed by atoms with E-state index in [2.05, 4.69) is 15.2 Å². The van der Waals surface area contributed by atoms with Crippen molar-refractivity contribution in [2.24, 2.45) is 0 Å². The summed E-state index contributed by atoms with van der Waals surface area (Å²) in [5.74, 6) is -0.350. The Morgan fingerprint density at radius 1 is 1.22 bits per heavy atom. The highest BCUT2D eigenvalue weighted by atomic mass is 35.5. The van der Waals surface area contributed by atoms with E-state index < -0.39 is 5.43 Å². The molecule has 3 heterocycles. The van der Waals surface area contributed by atoms with Crippen LogP contribution in [0.2, 0.25) is 5.02 Å². The predicted octanol–water partition coefficient (Wildman–Crippen LogP) is 3.21. The van der Waals surface area contributed by atoms with E-state index in [1.165, 1.54) is 0 Å². The summed E-state index contributed by atoms with van der Waals surface area (Å²) in [7, 11) is 0. The number of hydrogen-bond acceptors (Lipinski definition) is 4. The van der Waals surface area contributed by atoms with E-state index in [9.17, 15) is 9.90 Å². The van der Waals surface area contributed by atoms with Gasteiger partial charge in [0.25, 0.3) is 0 Å². The van der Waals surface area contributed by atoms with Gasteiger partial charge in [0, 0.05) is 18.0 Å². The van der Waals surface area contributed by atoms with Crippen LogP contribution in [0.3, 0.4) is 0 Å². The van der Waals surface area contributed by atoms with E-state index >= 15 is 0 Å². The minimum atomic E-state index is -0.444. The van der Waals surface area contributed by atoms with E-state index in [0.29, 0.717) is 52.5 Å². The zero-order valence-corrected chi connectivity index (χ0v) is 15.4. The second kappa shape index (κ2) is 6.92. The van der Waals surface area contributed by atoms with Gasteiger partial charge in [-0.15, -0.1) is 0 Å². The number of halogens is 1. The molecule has 8 heteroatoms. The number of nitrogens with one attached hydrogen (secondary N) is 1. The van der Waals surface area contributed by atoms with Crippen LogP contribution in [0.5, 0.6) is 5.75 Å². The van der Waals surface area contributed by atoms with Gasteiger partial charge < -0.3 is 10.1 Å². The number of nitrogens with zero attached hydrogens (tertiary/aromatic N) is 4. The summed E-state index contributed by atoms with van der Waals surface area (Å²) >= 11 is 6.27. The fourth-order valence-electron chi connectivity index (χ4n) is 3.18. The van der Waals surface area contributed by atoms with E-state index in [-0.39, 0.29) is 5.75 Å². The Balaban J connectivity index is 1.90.